The van der Waals surface area contributed by atoms with Crippen molar-refractivity contribution >= 4 is 56.3 Å². The van der Waals surface area contributed by atoms with E-state index >= 15 is 0 Å². The van der Waals surface area contributed by atoms with Crippen LogP contribution in [0.25, 0.3) is 10.2 Å². The topological polar surface area (TPSA) is 93.1 Å². The van der Waals surface area contributed by atoms with Crippen LogP contribution in [0, 0.1) is 6.92 Å². The van der Waals surface area contributed by atoms with Gasteiger partial charge < -0.3 is 10.6 Å². The van der Waals surface area contributed by atoms with Crippen LogP contribution in [0.3, 0.4) is 0 Å². The Morgan fingerprint density at radius 3 is 2.51 bits per heavy atom. The molecule has 0 aliphatic heterocycles. The lowest BCUT2D eigenvalue weighted by Gasteiger charge is -2.12. The molecule has 0 bridgehead atoms. The van der Waals surface area contributed by atoms with Crippen LogP contribution in [0.5, 0.6) is 0 Å². The van der Waals surface area contributed by atoms with E-state index in [0.29, 0.717) is 27.0 Å². The van der Waals surface area contributed by atoms with Crippen molar-refractivity contribution in [2.45, 2.75) is 19.6 Å². The van der Waals surface area contributed by atoms with Crippen LogP contribution in [-0.2, 0) is 17.5 Å². The van der Waals surface area contributed by atoms with Crippen LogP contribution in [-0.4, -0.2) is 21.4 Å². The van der Waals surface area contributed by atoms with Crippen molar-refractivity contribution in [2.24, 2.45) is 0 Å². The third-order valence-electron chi connectivity index (χ3n) is 5.04. The summed E-state index contributed by atoms with van der Waals surface area (Å²) in [5.74, 6) is -1.18. The van der Waals surface area contributed by atoms with Crippen LogP contribution < -0.4 is 16.2 Å². The van der Waals surface area contributed by atoms with Crippen molar-refractivity contribution in [3.63, 3.8) is 0 Å². The minimum atomic E-state index is -4.61. The van der Waals surface area contributed by atoms with Gasteiger partial charge in [0.1, 0.15) is 11.4 Å². The zero-order valence-corrected chi connectivity index (χ0v) is 19.5. The van der Waals surface area contributed by atoms with E-state index in [4.69, 9.17) is 11.6 Å². The predicted molar refractivity (Wildman–Crippen MR) is 128 cm³/mol. The second kappa shape index (κ2) is 9.51. The Balaban J connectivity index is 1.58. The molecule has 2 amide bonds. The van der Waals surface area contributed by atoms with Gasteiger partial charge in [-0.15, -0.1) is 11.3 Å². The number of carbonyl (C=O) groups is 2. The van der Waals surface area contributed by atoms with Gasteiger partial charge in [0.15, 0.2) is 0 Å². The van der Waals surface area contributed by atoms with Crippen molar-refractivity contribution in [1.29, 1.82) is 0 Å². The molecule has 7 nitrogen and oxygen atoms in total. The maximum absolute atomic E-state index is 13.0. The van der Waals surface area contributed by atoms with Crippen LogP contribution in [0.4, 0.5) is 24.5 Å². The van der Waals surface area contributed by atoms with E-state index in [1.807, 2.05) is 6.07 Å². The van der Waals surface area contributed by atoms with Crippen molar-refractivity contribution in [3.05, 3.63) is 86.2 Å². The Morgan fingerprint density at radius 1 is 1.11 bits per heavy atom. The standard InChI is InChI=1S/C23H16ClF3N4O3S/c1-12-18-21(35-19(12)20(33)29-14-5-3-2-4-6-14)28-11-31(22(18)34)10-17(32)30-16-9-13(23(25,26)27)7-8-15(16)24/h2-9,11H,10H2,1H3,(H,29,33)(H,30,32). The first-order chi connectivity index (χ1) is 16.5. The number of carbonyl (C=O) groups excluding carboxylic acids is 2. The summed E-state index contributed by atoms with van der Waals surface area (Å²) < 4.78 is 39.9. The summed E-state index contributed by atoms with van der Waals surface area (Å²) in [4.78, 5) is 43.0. The Morgan fingerprint density at radius 2 is 1.83 bits per heavy atom. The molecule has 4 aromatic rings. The van der Waals surface area contributed by atoms with Gasteiger partial charge in [-0.2, -0.15) is 13.2 Å². The fourth-order valence-electron chi connectivity index (χ4n) is 3.34. The average molecular weight is 521 g/mol. The third-order valence-corrected chi connectivity index (χ3v) is 6.57. The van der Waals surface area contributed by atoms with Gasteiger partial charge in [0.25, 0.3) is 11.5 Å². The number of fused-ring (bicyclic) bond motifs is 1. The molecule has 2 N–H and O–H groups in total. The highest BCUT2D eigenvalue weighted by atomic mass is 35.5. The molecule has 0 aliphatic carbocycles. The summed E-state index contributed by atoms with van der Waals surface area (Å²) in [6, 6.07) is 11.3. The number of benzene rings is 2. The van der Waals surface area contributed by atoms with Gasteiger partial charge in [-0.3, -0.25) is 19.0 Å². The monoisotopic (exact) mass is 520 g/mol. The molecule has 2 aromatic heterocycles. The fraction of sp³-hybridized carbons (Fsp3) is 0.130. The molecule has 0 atom stereocenters. The van der Waals surface area contributed by atoms with E-state index < -0.39 is 35.7 Å². The molecule has 0 saturated heterocycles. The lowest BCUT2D eigenvalue weighted by Crippen LogP contribution is -2.28. The maximum Gasteiger partial charge on any atom is 0.416 e. The van der Waals surface area contributed by atoms with E-state index in [2.05, 4.69) is 15.6 Å². The largest absolute Gasteiger partial charge is 0.416 e. The molecule has 0 unspecified atom stereocenters. The van der Waals surface area contributed by atoms with Gasteiger partial charge in [-0.05, 0) is 42.8 Å². The number of rotatable bonds is 5. The van der Waals surface area contributed by atoms with E-state index in [-0.39, 0.29) is 16.1 Å². The molecule has 12 heteroatoms. The molecule has 2 aromatic carbocycles. The highest BCUT2D eigenvalue weighted by molar-refractivity contribution is 7.20. The molecule has 0 spiro atoms. The zero-order chi connectivity index (χ0) is 25.3. The molecule has 35 heavy (non-hydrogen) atoms. The smallest absolute Gasteiger partial charge is 0.323 e. The first-order valence-corrected chi connectivity index (χ1v) is 11.3. The molecular formula is C23H16ClF3N4O3S. The number of anilines is 2. The molecular weight excluding hydrogens is 505 g/mol. The summed E-state index contributed by atoms with van der Waals surface area (Å²) in [6.45, 7) is 1.09. The van der Waals surface area contributed by atoms with E-state index in [1.165, 1.54) is 0 Å². The first kappa shape index (κ1) is 24.4. The van der Waals surface area contributed by atoms with E-state index in [0.717, 1.165) is 34.4 Å². The molecule has 0 radical (unpaired) electrons. The number of hydrogen-bond acceptors (Lipinski definition) is 5. The summed E-state index contributed by atoms with van der Waals surface area (Å²) in [5, 5.41) is 5.14. The Kier molecular flexibility index (Phi) is 6.64. The number of para-hydroxylation sites is 1. The molecule has 0 fully saturated rings. The molecule has 4 rings (SSSR count). The highest BCUT2D eigenvalue weighted by Gasteiger charge is 2.31. The van der Waals surface area contributed by atoms with Gasteiger partial charge in [0, 0.05) is 5.69 Å². The minimum absolute atomic E-state index is 0.0879. The summed E-state index contributed by atoms with van der Waals surface area (Å²) in [6.07, 6.45) is -3.47. The third kappa shape index (κ3) is 5.20. The normalized spacial score (nSPS) is 11.5. The average Bonchev–Trinajstić information content (AvgIpc) is 3.14. The Bertz CT molecular complexity index is 1500. The quantitative estimate of drug-likeness (QED) is 0.372. The molecule has 2 heterocycles. The number of aryl methyl sites for hydroxylation is 1. The van der Waals surface area contributed by atoms with Crippen molar-refractivity contribution in [1.82, 2.24) is 9.55 Å². The molecule has 0 saturated carbocycles. The number of thiophene rings is 1. The van der Waals surface area contributed by atoms with Gasteiger partial charge in [0.05, 0.1) is 32.9 Å². The van der Waals surface area contributed by atoms with Gasteiger partial charge in [0.2, 0.25) is 5.91 Å². The van der Waals surface area contributed by atoms with Gasteiger partial charge >= 0.3 is 6.18 Å². The number of halogens is 4. The Labute approximate surface area is 205 Å². The van der Waals surface area contributed by atoms with Crippen molar-refractivity contribution < 1.29 is 22.8 Å². The minimum Gasteiger partial charge on any atom is -0.323 e. The fourth-order valence-corrected chi connectivity index (χ4v) is 4.54. The zero-order valence-electron chi connectivity index (χ0n) is 17.9. The number of nitrogens with one attached hydrogen (secondary N) is 2. The van der Waals surface area contributed by atoms with Crippen LogP contribution in [0.15, 0.2) is 59.7 Å². The summed E-state index contributed by atoms with van der Waals surface area (Å²) in [7, 11) is 0. The second-order valence-corrected chi connectivity index (χ2v) is 8.88. The summed E-state index contributed by atoms with van der Waals surface area (Å²) in [5.41, 5.74) is -0.781. The number of alkyl halides is 3. The molecule has 0 aliphatic rings. The van der Waals surface area contributed by atoms with Crippen LogP contribution in [0.2, 0.25) is 5.02 Å². The number of aromatic nitrogens is 2. The number of nitrogens with zero attached hydrogens (tertiary/aromatic N) is 2. The van der Waals surface area contributed by atoms with Crippen LogP contribution >= 0.6 is 22.9 Å². The van der Waals surface area contributed by atoms with Crippen molar-refractivity contribution in [2.75, 3.05) is 10.6 Å². The van der Waals surface area contributed by atoms with Crippen LogP contribution in [0.1, 0.15) is 20.8 Å². The number of amides is 2. The van der Waals surface area contributed by atoms with E-state index in [9.17, 15) is 27.6 Å². The summed E-state index contributed by atoms with van der Waals surface area (Å²) >= 11 is 6.95. The predicted octanol–water partition coefficient (Wildman–Crippen LogP) is 5.33. The SMILES string of the molecule is Cc1c(C(=O)Nc2ccccc2)sc2ncn(CC(=O)Nc3cc(C(F)(F)F)ccc3Cl)c(=O)c12. The lowest BCUT2D eigenvalue weighted by molar-refractivity contribution is -0.137. The van der Waals surface area contributed by atoms with Gasteiger partial charge in [-0.1, -0.05) is 29.8 Å². The first-order valence-electron chi connectivity index (χ1n) is 10.1. The second-order valence-electron chi connectivity index (χ2n) is 7.47. The number of hydrogen-bond donors (Lipinski definition) is 2. The Hall–Kier alpha value is -3.70. The highest BCUT2D eigenvalue weighted by Crippen LogP contribution is 2.34. The van der Waals surface area contributed by atoms with Gasteiger partial charge in [-0.25, -0.2) is 4.98 Å². The molecule has 180 valence electrons. The lowest BCUT2D eigenvalue weighted by atomic mass is 10.2. The maximum atomic E-state index is 13.0. The van der Waals surface area contributed by atoms with Crippen molar-refractivity contribution in [3.8, 4) is 0 Å². The van der Waals surface area contributed by atoms with E-state index in [1.54, 1.807) is 31.2 Å².